The minimum atomic E-state index is -1.74. The Morgan fingerprint density at radius 3 is 1.30 bits per heavy atom. The van der Waals surface area contributed by atoms with E-state index in [4.69, 9.17) is 5.73 Å². The molecule has 31 nitrogen and oxygen atoms in total. The van der Waals surface area contributed by atoms with Crippen molar-refractivity contribution in [1.82, 2.24) is 68.7 Å². The van der Waals surface area contributed by atoms with Gasteiger partial charge in [0, 0.05) is 19.4 Å². The minimum absolute atomic E-state index is 0.0266. The zero-order valence-corrected chi connectivity index (χ0v) is 67.1. The van der Waals surface area contributed by atoms with Crippen LogP contribution < -0.4 is 69.5 Å². The topological polar surface area (TPSA) is 473 Å². The summed E-state index contributed by atoms with van der Waals surface area (Å²) in [5.41, 5.74) is 6.28. The first-order valence-electron chi connectivity index (χ1n) is 38.6. The number of hydrogen-bond donors (Lipinski definition) is 16. The van der Waals surface area contributed by atoms with Crippen LogP contribution in [0, 0.1) is 47.3 Å². The Bertz CT molecular complexity index is 3170. The predicted molar refractivity (Wildman–Crippen MR) is 408 cm³/mol. The molecule has 0 aliphatic carbocycles. The van der Waals surface area contributed by atoms with Gasteiger partial charge in [-0.3, -0.25) is 62.3 Å². The molecule has 2 rings (SSSR count). The first-order valence-corrected chi connectivity index (χ1v) is 38.6. The standard InChI is InChI=1S/C77H130N14O17/c1-20-49(21-2)63(75(105)88-62(47(19)93)73(103)90-64(50(22-3)23-4)74(104)84-57(42(10)11)69(99)81-53(39-48-32-26-25-27-33-48)67(97)79-51(24-5)65(95)86-60(45(16)17)77(107)108)89-66(96)52(34-29-37-78)80-68(98)54-35-30-38-91(54)76(106)59(44(14)15)85-71(101)58(43(12)13)83-72(102)61(46(18)92)87-70(100)56(41(8)9)82-55(94)36-28-31-40(6)7/h24-27,32-33,40-47,49-50,52-54,56-64,92-93H,20-23,28-31,34-39,78H2,1-19H3,(H,79,97)(H,80,98)(H,81,99)(H,82,94)(H,83,102)(H,84,104)(H,85,101)(H,86,95)(H,87,100)(H,88,105)(H,89,96)(H,90,103)(H,107,108)/b51-24-/t46-,47-,52+,53+,54+,56+,57+,58+,59+,60+,61+,62+,63+,64+/m1/s1. The Labute approximate surface area is 638 Å². The fourth-order valence-electron chi connectivity index (χ4n) is 12.7. The van der Waals surface area contributed by atoms with Crippen LogP contribution in [0.2, 0.25) is 0 Å². The molecule has 17 N–H and O–H groups in total. The number of carbonyl (C=O) groups excluding carboxylic acids is 13. The van der Waals surface area contributed by atoms with Crippen molar-refractivity contribution in [2.75, 3.05) is 13.1 Å². The van der Waals surface area contributed by atoms with E-state index in [1.54, 1.807) is 127 Å². The second-order valence-corrected chi connectivity index (χ2v) is 30.5. The van der Waals surface area contributed by atoms with Crippen molar-refractivity contribution < 1.29 is 82.4 Å². The summed E-state index contributed by atoms with van der Waals surface area (Å²) in [5.74, 6) is -15.0. The number of aliphatic hydroxyl groups excluding tert-OH is 2. The number of nitrogens with zero attached hydrogens (tertiary/aromatic N) is 1. The highest BCUT2D eigenvalue weighted by Gasteiger charge is 2.44. The number of aliphatic carboxylic acids is 1. The van der Waals surface area contributed by atoms with E-state index < -0.39 is 203 Å². The van der Waals surface area contributed by atoms with Gasteiger partial charge in [0.05, 0.1) is 12.2 Å². The SMILES string of the molecule is C/C=C(\NC(=O)[C@H](Cc1ccccc1)NC(=O)[C@@H](NC(=O)[C@@H](NC(=O)[C@@H](NC(=O)[C@@H](NC(=O)[C@H](CCCN)NC(=O)[C@@H]1CCCN1C(=O)[C@@H](NC(=O)[C@@H](NC(=O)[C@@H](NC(=O)[C@@H](NC(=O)CCCC(C)C)C(C)C)[C@@H](C)O)C(C)C)C(C)C)C(CC)CC)[C@@H](C)O)C(CC)CC)C(C)C)C(=O)N[C@H](C(=O)O)C(C)C. The van der Waals surface area contributed by atoms with E-state index >= 15 is 0 Å². The van der Waals surface area contributed by atoms with E-state index in [1.807, 2.05) is 13.8 Å². The lowest BCUT2D eigenvalue weighted by molar-refractivity contribution is -0.144. The Morgan fingerprint density at radius 1 is 0.472 bits per heavy atom. The summed E-state index contributed by atoms with van der Waals surface area (Å²) in [7, 11) is 0. The number of benzene rings is 1. The molecule has 13 amide bonds. The second-order valence-electron chi connectivity index (χ2n) is 30.5. The maximum Gasteiger partial charge on any atom is 0.326 e. The summed E-state index contributed by atoms with van der Waals surface area (Å²) in [4.78, 5) is 198. The Morgan fingerprint density at radius 2 is 0.880 bits per heavy atom. The largest absolute Gasteiger partial charge is 0.480 e. The number of rotatable bonds is 47. The molecule has 1 fully saturated rings. The third-order valence-electron chi connectivity index (χ3n) is 19.6. The molecule has 14 atom stereocenters. The molecule has 1 aromatic carbocycles. The van der Waals surface area contributed by atoms with Crippen LogP contribution in [0.1, 0.15) is 208 Å². The zero-order chi connectivity index (χ0) is 82.1. The maximum atomic E-state index is 14.7. The molecule has 0 radical (unpaired) electrons. The maximum absolute atomic E-state index is 14.7. The van der Waals surface area contributed by atoms with E-state index in [0.717, 1.165) is 6.42 Å². The van der Waals surface area contributed by atoms with Gasteiger partial charge in [-0.05, 0) is 112 Å². The number of carboxylic acids is 1. The molecule has 0 spiro atoms. The van der Waals surface area contributed by atoms with Crippen LogP contribution in [0.3, 0.4) is 0 Å². The summed E-state index contributed by atoms with van der Waals surface area (Å²) in [6.07, 6.45) is 1.71. The molecule has 31 heteroatoms. The van der Waals surface area contributed by atoms with E-state index in [0.29, 0.717) is 50.0 Å². The fraction of sp³-hybridized carbons (Fsp3) is 0.714. The fourth-order valence-corrected chi connectivity index (χ4v) is 12.7. The summed E-state index contributed by atoms with van der Waals surface area (Å²) < 4.78 is 0. The summed E-state index contributed by atoms with van der Waals surface area (Å²) >= 11 is 0. The molecular weight excluding hydrogens is 1390 g/mol. The number of hydrogen-bond acceptors (Lipinski definition) is 17. The van der Waals surface area contributed by atoms with Gasteiger partial charge in [0.25, 0.3) is 5.91 Å². The summed E-state index contributed by atoms with van der Waals surface area (Å²) in [6, 6.07) is -7.53. The van der Waals surface area contributed by atoms with Gasteiger partial charge < -0.3 is 89.8 Å². The second kappa shape index (κ2) is 47.4. The summed E-state index contributed by atoms with van der Waals surface area (Å²) in [5, 5.41) is 63.8. The average Bonchev–Trinajstić information content (AvgIpc) is 1.57. The normalized spacial score (nSPS) is 16.9. The predicted octanol–water partition coefficient (Wildman–Crippen LogP) is 2.14. The average molecular weight is 1520 g/mol. The van der Waals surface area contributed by atoms with Crippen LogP contribution in [0.5, 0.6) is 0 Å². The van der Waals surface area contributed by atoms with Crippen LogP contribution in [0.25, 0.3) is 0 Å². The molecule has 1 aliphatic heterocycles. The molecule has 1 heterocycles. The zero-order valence-electron chi connectivity index (χ0n) is 67.1. The molecule has 610 valence electrons. The third-order valence-corrected chi connectivity index (χ3v) is 19.6. The summed E-state index contributed by atoms with van der Waals surface area (Å²) in [6.45, 7) is 31.9. The highest BCUT2D eigenvalue weighted by atomic mass is 16.4. The molecule has 108 heavy (non-hydrogen) atoms. The number of nitrogens with one attached hydrogen (secondary N) is 12. The number of carboxylic acid groups (broad SMARTS) is 1. The van der Waals surface area contributed by atoms with E-state index in [1.165, 1.54) is 31.7 Å². The highest BCUT2D eigenvalue weighted by molar-refractivity contribution is 6.02. The van der Waals surface area contributed by atoms with Gasteiger partial charge in [0.2, 0.25) is 70.9 Å². The van der Waals surface area contributed by atoms with Crippen molar-refractivity contribution in [1.29, 1.82) is 0 Å². The van der Waals surface area contributed by atoms with Crippen LogP contribution in [-0.4, -0.2) is 201 Å². The van der Waals surface area contributed by atoms with E-state index in [9.17, 15) is 82.4 Å². The molecule has 1 aromatic rings. The number of amides is 13. The van der Waals surface area contributed by atoms with Crippen LogP contribution in [-0.2, 0) is 73.5 Å². The van der Waals surface area contributed by atoms with Gasteiger partial charge in [-0.15, -0.1) is 0 Å². The number of carbonyl (C=O) groups is 14. The lowest BCUT2D eigenvalue weighted by Crippen LogP contribution is -2.64. The van der Waals surface area contributed by atoms with E-state index in [-0.39, 0.29) is 56.8 Å². The number of nitrogens with two attached hydrogens (primary N) is 1. The molecule has 0 bridgehead atoms. The number of likely N-dealkylation sites (tertiary alicyclic amines) is 1. The van der Waals surface area contributed by atoms with Crippen LogP contribution in [0.15, 0.2) is 42.1 Å². The van der Waals surface area contributed by atoms with Gasteiger partial charge in [-0.2, -0.15) is 0 Å². The molecule has 0 aromatic heterocycles. The number of allylic oxidation sites excluding steroid dienone is 1. The van der Waals surface area contributed by atoms with Crippen molar-refractivity contribution in [3.63, 3.8) is 0 Å². The monoisotopic (exact) mass is 1520 g/mol. The highest BCUT2D eigenvalue weighted by Crippen LogP contribution is 2.24. The molecular formula is C77H130N14O17. The van der Waals surface area contributed by atoms with Gasteiger partial charge in [-0.1, -0.05) is 179 Å². The smallest absolute Gasteiger partial charge is 0.326 e. The Kier molecular flexibility index (Phi) is 41.9. The molecule has 0 unspecified atom stereocenters. The Hall–Kier alpha value is -8.58. The van der Waals surface area contributed by atoms with Crippen LogP contribution >= 0.6 is 0 Å². The van der Waals surface area contributed by atoms with Gasteiger partial charge in [-0.25, -0.2) is 4.79 Å². The van der Waals surface area contributed by atoms with Crippen molar-refractivity contribution in [2.45, 2.75) is 293 Å². The Balaban J connectivity index is 2.44. The van der Waals surface area contributed by atoms with E-state index in [2.05, 4.69) is 63.8 Å². The molecule has 0 saturated carbocycles. The molecule has 1 saturated heterocycles. The molecule has 1 aliphatic rings. The van der Waals surface area contributed by atoms with Crippen LogP contribution in [0.4, 0.5) is 0 Å². The van der Waals surface area contributed by atoms with Crippen molar-refractivity contribution >= 4 is 82.8 Å². The third kappa shape index (κ3) is 30.1. The first kappa shape index (κ1) is 95.5. The lowest BCUT2D eigenvalue weighted by Gasteiger charge is -2.33. The van der Waals surface area contributed by atoms with Crippen molar-refractivity contribution in [3.05, 3.63) is 47.7 Å². The minimum Gasteiger partial charge on any atom is -0.480 e. The van der Waals surface area contributed by atoms with Crippen molar-refractivity contribution in [2.24, 2.45) is 53.1 Å². The van der Waals surface area contributed by atoms with Crippen molar-refractivity contribution in [3.8, 4) is 0 Å². The van der Waals surface area contributed by atoms with Gasteiger partial charge in [0.15, 0.2) is 0 Å². The quantitative estimate of drug-likeness (QED) is 0.0416. The van der Waals surface area contributed by atoms with Gasteiger partial charge >= 0.3 is 5.97 Å². The first-order chi connectivity index (χ1) is 50.7. The lowest BCUT2D eigenvalue weighted by atomic mass is 9.91. The number of aliphatic hydroxyl groups is 2. The van der Waals surface area contributed by atoms with Gasteiger partial charge in [0.1, 0.15) is 78.2 Å².